The van der Waals surface area contributed by atoms with Crippen molar-refractivity contribution in [3.8, 4) is 0 Å². The van der Waals surface area contributed by atoms with Gasteiger partial charge in [0.25, 0.3) is 0 Å². The van der Waals surface area contributed by atoms with E-state index in [1.807, 2.05) is 6.92 Å². The molecule has 0 radical (unpaired) electrons. The van der Waals surface area contributed by atoms with E-state index in [9.17, 15) is 9.59 Å². The second kappa shape index (κ2) is 8.78. The number of nitrogens with one attached hydrogen (secondary N) is 2. The first-order valence-electron chi connectivity index (χ1n) is 6.60. The van der Waals surface area contributed by atoms with Gasteiger partial charge in [-0.1, -0.05) is 20.8 Å². The number of hydrogen-bond acceptors (Lipinski definition) is 2. The smallest absolute Gasteiger partial charge is 0.314 e. The topological polar surface area (TPSA) is 78.4 Å². The number of hydrogen-bond donors (Lipinski definition) is 3. The highest BCUT2D eigenvalue weighted by atomic mass is 16.4. The first-order chi connectivity index (χ1) is 8.32. The molecule has 0 aromatic heterocycles. The zero-order valence-electron chi connectivity index (χ0n) is 11.8. The van der Waals surface area contributed by atoms with Crippen molar-refractivity contribution in [2.75, 3.05) is 6.54 Å². The Morgan fingerprint density at radius 1 is 1.06 bits per heavy atom. The summed E-state index contributed by atoms with van der Waals surface area (Å²) in [6.45, 7) is 8.30. The predicted molar refractivity (Wildman–Crippen MR) is 71.5 cm³/mol. The number of amides is 2. The first-order valence-corrected chi connectivity index (χ1v) is 6.60. The number of urea groups is 1. The van der Waals surface area contributed by atoms with Crippen LogP contribution in [0, 0.1) is 11.8 Å². The van der Waals surface area contributed by atoms with Crippen molar-refractivity contribution in [1.82, 2.24) is 10.6 Å². The van der Waals surface area contributed by atoms with Gasteiger partial charge in [-0.3, -0.25) is 4.79 Å². The molecule has 0 heterocycles. The molecule has 5 nitrogen and oxygen atoms in total. The minimum Gasteiger partial charge on any atom is -0.481 e. The van der Waals surface area contributed by atoms with Gasteiger partial charge in [0, 0.05) is 12.6 Å². The quantitative estimate of drug-likeness (QED) is 0.624. The number of carboxylic acids is 1. The van der Waals surface area contributed by atoms with Crippen LogP contribution in [0.1, 0.15) is 47.0 Å². The molecule has 0 aliphatic carbocycles. The van der Waals surface area contributed by atoms with Gasteiger partial charge in [0.05, 0.1) is 5.92 Å². The van der Waals surface area contributed by atoms with Gasteiger partial charge < -0.3 is 15.7 Å². The Bertz CT molecular complexity index is 267. The van der Waals surface area contributed by atoms with Crippen LogP contribution in [0.5, 0.6) is 0 Å². The molecule has 2 amide bonds. The van der Waals surface area contributed by atoms with E-state index in [1.165, 1.54) is 0 Å². The Labute approximate surface area is 109 Å². The van der Waals surface area contributed by atoms with E-state index in [0.717, 1.165) is 12.8 Å². The summed E-state index contributed by atoms with van der Waals surface area (Å²) in [7, 11) is 0. The van der Waals surface area contributed by atoms with Gasteiger partial charge in [-0.2, -0.15) is 0 Å². The maximum absolute atomic E-state index is 11.5. The van der Waals surface area contributed by atoms with Crippen molar-refractivity contribution in [2.45, 2.75) is 53.0 Å². The number of rotatable bonds is 8. The number of carbonyl (C=O) groups is 2. The molecule has 0 aromatic rings. The highest BCUT2D eigenvalue weighted by molar-refractivity contribution is 5.74. The fourth-order valence-corrected chi connectivity index (χ4v) is 1.46. The van der Waals surface area contributed by atoms with Gasteiger partial charge in [-0.05, 0) is 32.1 Å². The summed E-state index contributed by atoms with van der Waals surface area (Å²) in [5.41, 5.74) is 0. The van der Waals surface area contributed by atoms with E-state index in [1.54, 1.807) is 6.92 Å². The number of carbonyl (C=O) groups excluding carboxylic acids is 1. The lowest BCUT2D eigenvalue weighted by Crippen LogP contribution is -2.41. The fourth-order valence-electron chi connectivity index (χ4n) is 1.46. The molecule has 106 valence electrons. The van der Waals surface area contributed by atoms with Crippen LogP contribution in [0.2, 0.25) is 0 Å². The molecule has 2 atom stereocenters. The van der Waals surface area contributed by atoms with Gasteiger partial charge >= 0.3 is 12.0 Å². The van der Waals surface area contributed by atoms with Gasteiger partial charge in [0.1, 0.15) is 0 Å². The van der Waals surface area contributed by atoms with E-state index in [-0.39, 0.29) is 12.1 Å². The van der Waals surface area contributed by atoms with Crippen LogP contribution in [0.25, 0.3) is 0 Å². The molecule has 0 fully saturated rings. The highest BCUT2D eigenvalue weighted by Gasteiger charge is 2.11. The minimum atomic E-state index is -0.831. The van der Waals surface area contributed by atoms with Crippen LogP contribution in [-0.2, 0) is 4.79 Å². The molecule has 0 bridgehead atoms. The lowest BCUT2D eigenvalue weighted by Gasteiger charge is -2.16. The SMILES string of the molecule is CC(C)CCC(C)NC(=O)NCCC(C)C(=O)O. The molecule has 0 aliphatic rings. The van der Waals surface area contributed by atoms with E-state index >= 15 is 0 Å². The monoisotopic (exact) mass is 258 g/mol. The molecule has 3 N–H and O–H groups in total. The standard InChI is InChI=1S/C13H26N2O3/c1-9(2)5-6-11(4)15-13(18)14-8-7-10(3)12(16)17/h9-11H,5-8H2,1-4H3,(H,16,17)(H2,14,15,18). The van der Waals surface area contributed by atoms with Crippen molar-refractivity contribution in [1.29, 1.82) is 0 Å². The van der Waals surface area contributed by atoms with Gasteiger partial charge in [-0.15, -0.1) is 0 Å². The highest BCUT2D eigenvalue weighted by Crippen LogP contribution is 2.06. The van der Waals surface area contributed by atoms with Crippen molar-refractivity contribution in [3.05, 3.63) is 0 Å². The molecule has 18 heavy (non-hydrogen) atoms. The third-order valence-electron chi connectivity index (χ3n) is 2.84. The molecule has 2 unspecified atom stereocenters. The maximum Gasteiger partial charge on any atom is 0.314 e. The zero-order chi connectivity index (χ0) is 14.1. The summed E-state index contributed by atoms with van der Waals surface area (Å²) in [5.74, 6) is -0.625. The Hall–Kier alpha value is -1.26. The molecule has 5 heteroatoms. The Morgan fingerprint density at radius 3 is 2.17 bits per heavy atom. The molecule has 0 aliphatic heterocycles. The normalized spacial score (nSPS) is 14.1. The number of carboxylic acid groups (broad SMARTS) is 1. The third kappa shape index (κ3) is 8.84. The predicted octanol–water partition coefficient (Wildman–Crippen LogP) is 2.22. The Kier molecular flexibility index (Phi) is 8.16. The lowest BCUT2D eigenvalue weighted by atomic mass is 10.0. The summed E-state index contributed by atoms with van der Waals surface area (Å²) in [6, 6.07) is -0.0758. The van der Waals surface area contributed by atoms with Crippen LogP contribution in [0.4, 0.5) is 4.79 Å². The second-order valence-electron chi connectivity index (χ2n) is 5.30. The van der Waals surface area contributed by atoms with E-state index in [2.05, 4.69) is 24.5 Å². The van der Waals surface area contributed by atoms with E-state index < -0.39 is 11.9 Å². The van der Waals surface area contributed by atoms with Crippen molar-refractivity contribution in [3.63, 3.8) is 0 Å². The molecular weight excluding hydrogens is 232 g/mol. The Morgan fingerprint density at radius 2 is 1.67 bits per heavy atom. The van der Waals surface area contributed by atoms with Crippen molar-refractivity contribution >= 4 is 12.0 Å². The first kappa shape index (κ1) is 16.7. The van der Waals surface area contributed by atoms with Crippen molar-refractivity contribution in [2.24, 2.45) is 11.8 Å². The minimum absolute atomic E-state index is 0.143. The number of aliphatic carboxylic acids is 1. The molecule has 0 saturated carbocycles. The molecule has 0 aromatic carbocycles. The van der Waals surface area contributed by atoms with E-state index in [4.69, 9.17) is 5.11 Å². The lowest BCUT2D eigenvalue weighted by molar-refractivity contribution is -0.141. The molecular formula is C13H26N2O3. The average Bonchev–Trinajstić information content (AvgIpc) is 2.25. The van der Waals surface area contributed by atoms with Gasteiger partial charge in [0.15, 0.2) is 0 Å². The fraction of sp³-hybridized carbons (Fsp3) is 0.846. The van der Waals surface area contributed by atoms with Crippen LogP contribution in [-0.4, -0.2) is 29.7 Å². The van der Waals surface area contributed by atoms with Crippen LogP contribution in [0.15, 0.2) is 0 Å². The maximum atomic E-state index is 11.5. The summed E-state index contributed by atoms with van der Waals surface area (Å²) in [6.07, 6.45) is 2.48. The molecule has 0 rings (SSSR count). The molecule has 0 spiro atoms. The summed E-state index contributed by atoms with van der Waals surface area (Å²) < 4.78 is 0. The van der Waals surface area contributed by atoms with Crippen LogP contribution < -0.4 is 10.6 Å². The molecule has 0 saturated heterocycles. The zero-order valence-corrected chi connectivity index (χ0v) is 11.8. The Balaban J connectivity index is 3.67. The van der Waals surface area contributed by atoms with Gasteiger partial charge in [-0.25, -0.2) is 4.79 Å². The largest absolute Gasteiger partial charge is 0.481 e. The van der Waals surface area contributed by atoms with Crippen molar-refractivity contribution < 1.29 is 14.7 Å². The van der Waals surface area contributed by atoms with Gasteiger partial charge in [0.2, 0.25) is 0 Å². The van der Waals surface area contributed by atoms with Crippen LogP contribution >= 0.6 is 0 Å². The summed E-state index contributed by atoms with van der Waals surface area (Å²) in [5, 5.41) is 14.2. The van der Waals surface area contributed by atoms with Crippen LogP contribution in [0.3, 0.4) is 0 Å². The van der Waals surface area contributed by atoms with E-state index in [0.29, 0.717) is 18.9 Å². The third-order valence-corrected chi connectivity index (χ3v) is 2.84. The average molecular weight is 258 g/mol. The summed E-state index contributed by atoms with van der Waals surface area (Å²) >= 11 is 0. The summed E-state index contributed by atoms with van der Waals surface area (Å²) in [4.78, 5) is 22.1. The second-order valence-corrected chi connectivity index (χ2v) is 5.30.